The molecule has 2 aromatic carbocycles. The molecule has 19 heavy (non-hydrogen) atoms. The van der Waals surface area contributed by atoms with Crippen LogP contribution in [-0.4, -0.2) is 14.1 Å². The predicted octanol–water partition coefficient (Wildman–Crippen LogP) is 3.19. The predicted molar refractivity (Wildman–Crippen MR) is 77.0 cm³/mol. The maximum atomic E-state index is 12.1. The Morgan fingerprint density at radius 1 is 0.947 bits per heavy atom. The Balaban J connectivity index is 2.39. The molecule has 0 bridgehead atoms. The first-order chi connectivity index (χ1) is 8.99. The summed E-state index contributed by atoms with van der Waals surface area (Å²) in [6.07, 6.45) is 0. The van der Waals surface area contributed by atoms with Crippen LogP contribution >= 0.6 is 0 Å². The number of rotatable bonds is 3. The topological polar surface area (TPSA) is 46.5 Å². The molecule has 2 rings (SSSR count). The average Bonchev–Trinajstić information content (AvgIpc) is 2.40. The molecule has 0 saturated carbocycles. The van der Waals surface area contributed by atoms with Crippen LogP contribution in [0.3, 0.4) is 0 Å². The highest BCUT2D eigenvalue weighted by Crippen LogP contribution is 2.14. The number of aryl methyl sites for hydroxylation is 1. The zero-order chi connectivity index (χ0) is 13.9. The van der Waals surface area contributed by atoms with E-state index in [1.165, 1.54) is 0 Å². The molecule has 4 heteroatoms. The van der Waals surface area contributed by atoms with Crippen LogP contribution < -0.4 is 0 Å². The van der Waals surface area contributed by atoms with Gasteiger partial charge in [-0.15, -0.1) is 0 Å². The van der Waals surface area contributed by atoms with E-state index in [2.05, 4.69) is 4.40 Å². The maximum absolute atomic E-state index is 12.1. The Bertz CT molecular complexity index is 687. The fraction of sp³-hybridized carbons (Fsp3) is 0.133. The molecule has 3 nitrogen and oxygen atoms in total. The monoisotopic (exact) mass is 273 g/mol. The molecular formula is C15H15NO2S. The molecule has 0 heterocycles. The van der Waals surface area contributed by atoms with Gasteiger partial charge < -0.3 is 0 Å². The smallest absolute Gasteiger partial charge is 0.199 e. The second kappa shape index (κ2) is 5.36. The van der Waals surface area contributed by atoms with E-state index in [4.69, 9.17) is 0 Å². The molecule has 0 aliphatic heterocycles. The molecule has 0 unspecified atom stereocenters. The van der Waals surface area contributed by atoms with Crippen molar-refractivity contribution in [2.45, 2.75) is 18.7 Å². The van der Waals surface area contributed by atoms with Crippen LogP contribution in [-0.2, 0) is 10.0 Å². The van der Waals surface area contributed by atoms with Gasteiger partial charge in [-0.1, -0.05) is 48.0 Å². The van der Waals surface area contributed by atoms with Gasteiger partial charge in [0.05, 0.1) is 10.6 Å². The van der Waals surface area contributed by atoms with Crippen LogP contribution in [0.2, 0.25) is 0 Å². The molecule has 98 valence electrons. The van der Waals surface area contributed by atoms with Crippen LogP contribution in [0.15, 0.2) is 63.9 Å². The Labute approximate surface area is 113 Å². The minimum atomic E-state index is -3.64. The average molecular weight is 273 g/mol. The molecule has 0 aliphatic carbocycles. The van der Waals surface area contributed by atoms with Crippen molar-refractivity contribution in [3.05, 3.63) is 65.7 Å². The molecule has 0 amide bonds. The highest BCUT2D eigenvalue weighted by Gasteiger charge is 2.13. The molecule has 2 aromatic rings. The summed E-state index contributed by atoms with van der Waals surface area (Å²) < 4.78 is 28.1. The van der Waals surface area contributed by atoms with Gasteiger partial charge in [-0.3, -0.25) is 0 Å². The standard InChI is InChI=1S/C15H15NO2S/c1-12-8-10-15(11-9-12)19(17,18)16-13(2)14-6-4-3-5-7-14/h3-11H,1-2H3/b16-13+. The lowest BCUT2D eigenvalue weighted by atomic mass is 10.1. The van der Waals surface area contributed by atoms with E-state index in [1.54, 1.807) is 31.2 Å². The summed E-state index contributed by atoms with van der Waals surface area (Å²) in [6.45, 7) is 3.61. The Hall–Kier alpha value is -1.94. The zero-order valence-electron chi connectivity index (χ0n) is 10.9. The molecule has 0 aliphatic rings. The van der Waals surface area contributed by atoms with E-state index >= 15 is 0 Å². The minimum absolute atomic E-state index is 0.216. The second-order valence-corrected chi connectivity index (χ2v) is 5.93. The Kier molecular flexibility index (Phi) is 3.81. The third kappa shape index (κ3) is 3.29. The molecule has 0 saturated heterocycles. The van der Waals surface area contributed by atoms with Gasteiger partial charge >= 0.3 is 0 Å². The van der Waals surface area contributed by atoms with E-state index in [-0.39, 0.29) is 4.90 Å². The highest BCUT2D eigenvalue weighted by molar-refractivity contribution is 7.90. The van der Waals surface area contributed by atoms with Gasteiger partial charge in [0, 0.05) is 0 Å². The van der Waals surface area contributed by atoms with Gasteiger partial charge in [-0.25, -0.2) is 0 Å². The van der Waals surface area contributed by atoms with Gasteiger partial charge in [-0.2, -0.15) is 12.8 Å². The van der Waals surface area contributed by atoms with Crippen molar-refractivity contribution in [3.8, 4) is 0 Å². The molecule has 0 N–H and O–H groups in total. The van der Waals surface area contributed by atoms with Gasteiger partial charge in [-0.05, 0) is 31.5 Å². The summed E-state index contributed by atoms with van der Waals surface area (Å²) in [7, 11) is -3.64. The van der Waals surface area contributed by atoms with Crippen molar-refractivity contribution in [2.75, 3.05) is 0 Å². The lowest BCUT2D eigenvalue weighted by Gasteiger charge is -2.03. The molecule has 0 spiro atoms. The number of sulfonamides is 1. The number of nitrogens with zero attached hydrogens (tertiary/aromatic N) is 1. The van der Waals surface area contributed by atoms with Gasteiger partial charge in [0.15, 0.2) is 0 Å². The van der Waals surface area contributed by atoms with E-state index in [0.29, 0.717) is 5.71 Å². The summed E-state index contributed by atoms with van der Waals surface area (Å²) in [5, 5.41) is 0. The van der Waals surface area contributed by atoms with Crippen LogP contribution in [0, 0.1) is 6.92 Å². The molecular weight excluding hydrogens is 258 g/mol. The lowest BCUT2D eigenvalue weighted by molar-refractivity contribution is 0.598. The van der Waals surface area contributed by atoms with E-state index in [1.807, 2.05) is 37.3 Å². The van der Waals surface area contributed by atoms with Crippen molar-refractivity contribution >= 4 is 15.7 Å². The van der Waals surface area contributed by atoms with Crippen LogP contribution in [0.4, 0.5) is 0 Å². The van der Waals surface area contributed by atoms with E-state index in [0.717, 1.165) is 11.1 Å². The van der Waals surface area contributed by atoms with Crippen molar-refractivity contribution in [1.29, 1.82) is 0 Å². The Morgan fingerprint density at radius 3 is 2.11 bits per heavy atom. The quantitative estimate of drug-likeness (QED) is 0.806. The summed E-state index contributed by atoms with van der Waals surface area (Å²) >= 11 is 0. The zero-order valence-corrected chi connectivity index (χ0v) is 11.7. The van der Waals surface area contributed by atoms with Crippen molar-refractivity contribution < 1.29 is 8.42 Å². The largest absolute Gasteiger partial charge is 0.282 e. The summed E-state index contributed by atoms with van der Waals surface area (Å²) in [5.41, 5.74) is 2.31. The van der Waals surface area contributed by atoms with Crippen LogP contribution in [0.25, 0.3) is 0 Å². The van der Waals surface area contributed by atoms with E-state index in [9.17, 15) is 8.42 Å². The number of benzene rings is 2. The SMILES string of the molecule is C/C(=N\S(=O)(=O)c1ccc(C)cc1)c1ccccc1. The summed E-state index contributed by atoms with van der Waals surface area (Å²) in [4.78, 5) is 0.216. The van der Waals surface area contributed by atoms with Crippen molar-refractivity contribution in [3.63, 3.8) is 0 Å². The fourth-order valence-electron chi connectivity index (χ4n) is 1.68. The second-order valence-electron chi connectivity index (χ2n) is 4.33. The van der Waals surface area contributed by atoms with E-state index < -0.39 is 10.0 Å². The third-order valence-electron chi connectivity index (χ3n) is 2.77. The first-order valence-corrected chi connectivity index (χ1v) is 7.37. The maximum Gasteiger partial charge on any atom is 0.282 e. The Morgan fingerprint density at radius 2 is 1.53 bits per heavy atom. The molecule has 0 aromatic heterocycles. The lowest BCUT2D eigenvalue weighted by Crippen LogP contribution is -2.03. The van der Waals surface area contributed by atoms with Gasteiger partial charge in [0.25, 0.3) is 10.0 Å². The van der Waals surface area contributed by atoms with Crippen LogP contribution in [0.1, 0.15) is 18.1 Å². The highest BCUT2D eigenvalue weighted by atomic mass is 32.2. The first-order valence-electron chi connectivity index (χ1n) is 5.93. The molecule has 0 fully saturated rings. The summed E-state index contributed by atoms with van der Waals surface area (Å²) in [6, 6.07) is 15.9. The van der Waals surface area contributed by atoms with Crippen LogP contribution in [0.5, 0.6) is 0 Å². The van der Waals surface area contributed by atoms with Crippen molar-refractivity contribution in [1.82, 2.24) is 0 Å². The minimum Gasteiger partial charge on any atom is -0.199 e. The molecule has 0 radical (unpaired) electrons. The number of hydrogen-bond acceptors (Lipinski definition) is 2. The first kappa shape index (κ1) is 13.5. The van der Waals surface area contributed by atoms with Gasteiger partial charge in [0.1, 0.15) is 0 Å². The van der Waals surface area contributed by atoms with Crippen molar-refractivity contribution in [2.24, 2.45) is 4.40 Å². The van der Waals surface area contributed by atoms with Gasteiger partial charge in [0.2, 0.25) is 0 Å². The third-order valence-corrected chi connectivity index (χ3v) is 4.15. The summed E-state index contributed by atoms with van der Waals surface area (Å²) in [5.74, 6) is 0. The fourth-order valence-corrected chi connectivity index (χ4v) is 2.73. The number of hydrogen-bond donors (Lipinski definition) is 0. The molecule has 0 atom stereocenters. The normalized spacial score (nSPS) is 12.4.